The third-order valence-electron chi connectivity index (χ3n) is 2.19. The highest BCUT2D eigenvalue weighted by atomic mass is 35.5. The van der Waals surface area contributed by atoms with Crippen molar-refractivity contribution >= 4 is 11.6 Å². The Morgan fingerprint density at radius 2 is 1.93 bits per heavy atom. The minimum Gasteiger partial charge on any atom is -0.313 e. The molecule has 2 rings (SSSR count). The molecule has 1 aromatic heterocycles. The van der Waals surface area contributed by atoms with Gasteiger partial charge in [-0.3, -0.25) is 0 Å². The van der Waals surface area contributed by atoms with Crippen molar-refractivity contribution in [2.45, 2.75) is 5.88 Å². The van der Waals surface area contributed by atoms with Crippen LogP contribution in [-0.2, 0) is 12.9 Å². The van der Waals surface area contributed by atoms with E-state index in [4.69, 9.17) is 11.6 Å². The van der Waals surface area contributed by atoms with Crippen molar-refractivity contribution in [2.24, 2.45) is 7.05 Å². The summed E-state index contributed by atoms with van der Waals surface area (Å²) in [5, 5.41) is 7.91. The fourth-order valence-electron chi connectivity index (χ4n) is 1.33. The molecule has 0 atom stereocenters. The Kier molecular flexibility index (Phi) is 2.68. The average molecular weight is 226 g/mol. The van der Waals surface area contributed by atoms with Crippen LogP contribution in [0.25, 0.3) is 11.4 Å². The van der Waals surface area contributed by atoms with Gasteiger partial charge in [-0.1, -0.05) is 0 Å². The average Bonchev–Trinajstić information content (AvgIpc) is 2.61. The maximum Gasteiger partial charge on any atom is 0.163 e. The highest BCUT2D eigenvalue weighted by molar-refractivity contribution is 6.16. The van der Waals surface area contributed by atoms with Crippen molar-refractivity contribution in [2.75, 3.05) is 0 Å². The number of nitrogens with zero attached hydrogens (tertiary/aromatic N) is 3. The minimum absolute atomic E-state index is 0.265. The number of hydrogen-bond acceptors (Lipinski definition) is 2. The van der Waals surface area contributed by atoms with Gasteiger partial charge in [0, 0.05) is 12.6 Å². The Morgan fingerprint density at radius 1 is 1.27 bits per heavy atom. The lowest BCUT2D eigenvalue weighted by Gasteiger charge is -2.01. The third kappa shape index (κ3) is 1.85. The molecule has 78 valence electrons. The van der Waals surface area contributed by atoms with E-state index in [2.05, 4.69) is 10.2 Å². The summed E-state index contributed by atoms with van der Waals surface area (Å²) >= 11 is 5.67. The third-order valence-corrected chi connectivity index (χ3v) is 2.43. The van der Waals surface area contributed by atoms with Gasteiger partial charge in [0.05, 0.1) is 5.88 Å². The summed E-state index contributed by atoms with van der Waals surface area (Å²) < 4.78 is 14.5. The van der Waals surface area contributed by atoms with Gasteiger partial charge in [-0.2, -0.15) is 0 Å². The fourth-order valence-corrected chi connectivity index (χ4v) is 1.56. The van der Waals surface area contributed by atoms with Gasteiger partial charge < -0.3 is 4.57 Å². The largest absolute Gasteiger partial charge is 0.313 e. The van der Waals surface area contributed by atoms with Crippen LogP contribution in [0.1, 0.15) is 5.82 Å². The first-order valence-corrected chi connectivity index (χ1v) is 4.96. The van der Waals surface area contributed by atoms with Crippen LogP contribution in [0.4, 0.5) is 4.39 Å². The zero-order valence-electron chi connectivity index (χ0n) is 8.11. The molecule has 2 aromatic rings. The molecule has 0 radical (unpaired) electrons. The molecule has 3 nitrogen and oxygen atoms in total. The number of benzene rings is 1. The van der Waals surface area contributed by atoms with E-state index < -0.39 is 0 Å². The second-order valence-electron chi connectivity index (χ2n) is 3.14. The molecule has 0 aliphatic heterocycles. The van der Waals surface area contributed by atoms with Crippen LogP contribution in [0, 0.1) is 5.82 Å². The van der Waals surface area contributed by atoms with E-state index in [0.717, 1.165) is 5.56 Å². The summed E-state index contributed by atoms with van der Waals surface area (Å²) in [6.07, 6.45) is 0. The normalized spacial score (nSPS) is 10.6. The van der Waals surface area contributed by atoms with Crippen molar-refractivity contribution in [3.05, 3.63) is 35.9 Å². The molecule has 0 N–H and O–H groups in total. The molecular weight excluding hydrogens is 217 g/mol. The molecule has 1 heterocycles. The predicted octanol–water partition coefficient (Wildman–Crippen LogP) is 2.36. The van der Waals surface area contributed by atoms with Gasteiger partial charge in [0.15, 0.2) is 5.82 Å². The van der Waals surface area contributed by atoms with Crippen LogP contribution in [0.3, 0.4) is 0 Å². The smallest absolute Gasteiger partial charge is 0.163 e. The molecule has 15 heavy (non-hydrogen) atoms. The van der Waals surface area contributed by atoms with E-state index in [1.807, 2.05) is 7.05 Å². The van der Waals surface area contributed by atoms with Crippen LogP contribution >= 0.6 is 11.6 Å². The summed E-state index contributed by atoms with van der Waals surface area (Å²) in [5.74, 6) is 1.42. The van der Waals surface area contributed by atoms with Crippen LogP contribution < -0.4 is 0 Å². The molecule has 0 saturated carbocycles. The Labute approximate surface area is 91.5 Å². The summed E-state index contributed by atoms with van der Waals surface area (Å²) in [6.45, 7) is 0. The highest BCUT2D eigenvalue weighted by Crippen LogP contribution is 2.17. The van der Waals surface area contributed by atoms with Gasteiger partial charge in [0.2, 0.25) is 0 Å². The van der Waals surface area contributed by atoms with Crippen molar-refractivity contribution in [1.82, 2.24) is 14.8 Å². The van der Waals surface area contributed by atoms with Gasteiger partial charge >= 0.3 is 0 Å². The second-order valence-corrected chi connectivity index (χ2v) is 3.41. The first-order valence-electron chi connectivity index (χ1n) is 4.42. The Bertz CT molecular complexity index is 464. The molecular formula is C10H9ClFN3. The SMILES string of the molecule is Cn1c(CCl)nnc1-c1ccc(F)cc1. The van der Waals surface area contributed by atoms with E-state index in [-0.39, 0.29) is 5.82 Å². The first kappa shape index (κ1) is 10.1. The summed E-state index contributed by atoms with van der Waals surface area (Å²) in [6, 6.07) is 6.11. The second kappa shape index (κ2) is 3.98. The van der Waals surface area contributed by atoms with Crippen LogP contribution in [0.15, 0.2) is 24.3 Å². The first-order chi connectivity index (χ1) is 7.22. The zero-order chi connectivity index (χ0) is 10.8. The predicted molar refractivity (Wildman–Crippen MR) is 56.0 cm³/mol. The molecule has 0 spiro atoms. The lowest BCUT2D eigenvalue weighted by molar-refractivity contribution is 0.628. The summed E-state index contributed by atoms with van der Waals surface area (Å²) in [7, 11) is 1.83. The molecule has 0 unspecified atom stereocenters. The minimum atomic E-state index is -0.265. The maximum atomic E-state index is 12.7. The van der Waals surface area contributed by atoms with E-state index in [1.165, 1.54) is 12.1 Å². The highest BCUT2D eigenvalue weighted by Gasteiger charge is 2.09. The van der Waals surface area contributed by atoms with Crippen molar-refractivity contribution in [1.29, 1.82) is 0 Å². The Morgan fingerprint density at radius 3 is 2.47 bits per heavy atom. The maximum absolute atomic E-state index is 12.7. The molecule has 0 bridgehead atoms. The van der Waals surface area contributed by atoms with Crippen LogP contribution in [0.5, 0.6) is 0 Å². The topological polar surface area (TPSA) is 30.7 Å². The quantitative estimate of drug-likeness (QED) is 0.735. The van der Waals surface area contributed by atoms with Crippen LogP contribution in [-0.4, -0.2) is 14.8 Å². The molecule has 0 aliphatic carbocycles. The molecule has 0 saturated heterocycles. The molecule has 0 aliphatic rings. The monoisotopic (exact) mass is 225 g/mol. The number of rotatable bonds is 2. The van der Waals surface area contributed by atoms with Gasteiger partial charge in [-0.25, -0.2) is 4.39 Å². The van der Waals surface area contributed by atoms with E-state index >= 15 is 0 Å². The Hall–Kier alpha value is -1.42. The fraction of sp³-hybridized carbons (Fsp3) is 0.200. The Balaban J connectivity index is 2.45. The molecule has 0 amide bonds. The molecule has 0 fully saturated rings. The van der Waals surface area contributed by atoms with Crippen LogP contribution in [0.2, 0.25) is 0 Å². The van der Waals surface area contributed by atoms with E-state index in [9.17, 15) is 4.39 Å². The van der Waals surface area contributed by atoms with Gasteiger partial charge in [-0.05, 0) is 24.3 Å². The molecule has 5 heteroatoms. The number of hydrogen-bond donors (Lipinski definition) is 0. The van der Waals surface area contributed by atoms with Crippen molar-refractivity contribution in [3.63, 3.8) is 0 Å². The van der Waals surface area contributed by atoms with Crippen molar-refractivity contribution in [3.8, 4) is 11.4 Å². The van der Waals surface area contributed by atoms with Gasteiger partial charge in [-0.15, -0.1) is 21.8 Å². The van der Waals surface area contributed by atoms with Gasteiger partial charge in [0.25, 0.3) is 0 Å². The summed E-state index contributed by atoms with van der Waals surface area (Å²) in [5.41, 5.74) is 0.822. The van der Waals surface area contributed by atoms with Crippen molar-refractivity contribution < 1.29 is 4.39 Å². The number of alkyl halides is 1. The van der Waals surface area contributed by atoms with Gasteiger partial charge in [0.1, 0.15) is 11.6 Å². The standard InChI is InChI=1S/C10H9ClFN3/c1-15-9(6-11)13-14-10(15)7-2-4-8(12)5-3-7/h2-5H,6H2,1H3. The van der Waals surface area contributed by atoms with E-state index in [1.54, 1.807) is 16.7 Å². The lowest BCUT2D eigenvalue weighted by atomic mass is 10.2. The number of aromatic nitrogens is 3. The summed E-state index contributed by atoms with van der Waals surface area (Å²) in [4.78, 5) is 0. The van der Waals surface area contributed by atoms with E-state index in [0.29, 0.717) is 17.5 Å². The molecule has 1 aromatic carbocycles. The lowest BCUT2D eigenvalue weighted by Crippen LogP contribution is -1.97. The zero-order valence-corrected chi connectivity index (χ0v) is 8.87. The number of halogens is 2.